The number of rotatable bonds is 6. The van der Waals surface area contributed by atoms with E-state index in [1.54, 1.807) is 6.07 Å². The predicted molar refractivity (Wildman–Crippen MR) is 69.1 cm³/mol. The van der Waals surface area contributed by atoms with Gasteiger partial charge >= 0.3 is 0 Å². The molecule has 0 heterocycles. The van der Waals surface area contributed by atoms with Gasteiger partial charge in [0.05, 0.1) is 0 Å². The predicted octanol–water partition coefficient (Wildman–Crippen LogP) is 2.38. The number of carbonyl (C=O) groups is 1. The number of benzene rings is 1. The maximum absolute atomic E-state index is 13.3. The monoisotopic (exact) mass is 264 g/mol. The molecule has 1 N–H and O–H groups in total. The van der Waals surface area contributed by atoms with Crippen LogP contribution in [0.4, 0.5) is 4.39 Å². The van der Waals surface area contributed by atoms with Crippen LogP contribution in [0.25, 0.3) is 0 Å². The lowest BCUT2D eigenvalue weighted by atomic mass is 10.2. The summed E-state index contributed by atoms with van der Waals surface area (Å²) in [5.74, 6) is -0.843. The highest BCUT2D eigenvalue weighted by Gasteiger charge is 2.12. The van der Waals surface area contributed by atoms with Crippen LogP contribution in [-0.4, -0.2) is 18.6 Å². The van der Waals surface area contributed by atoms with Gasteiger partial charge in [0.2, 0.25) is 0 Å². The summed E-state index contributed by atoms with van der Waals surface area (Å²) in [5.41, 5.74) is -0.183. The minimum absolute atomic E-state index is 0.0854. The minimum Gasteiger partial charge on any atom is -0.482 e. The first-order chi connectivity index (χ1) is 9.12. The first-order valence-electron chi connectivity index (χ1n) is 6.23. The Hall–Kier alpha value is -2.09. The van der Waals surface area contributed by atoms with Crippen molar-refractivity contribution in [3.63, 3.8) is 0 Å². The molecule has 0 radical (unpaired) electrons. The van der Waals surface area contributed by atoms with E-state index in [0.717, 1.165) is 12.8 Å². The molecule has 19 heavy (non-hydrogen) atoms. The number of ether oxygens (including phenoxy) is 1. The molecular formula is C14H17FN2O2. The molecule has 1 amide bonds. The van der Waals surface area contributed by atoms with E-state index in [4.69, 9.17) is 10.00 Å². The van der Waals surface area contributed by atoms with Gasteiger partial charge in [-0.3, -0.25) is 4.79 Å². The van der Waals surface area contributed by atoms with Crippen molar-refractivity contribution in [1.82, 2.24) is 5.32 Å². The number of nitriles is 1. The van der Waals surface area contributed by atoms with Crippen LogP contribution in [0.3, 0.4) is 0 Å². The van der Waals surface area contributed by atoms with E-state index in [9.17, 15) is 9.18 Å². The van der Waals surface area contributed by atoms with Gasteiger partial charge in [0.1, 0.15) is 23.2 Å². The smallest absolute Gasteiger partial charge is 0.258 e. The van der Waals surface area contributed by atoms with Crippen LogP contribution in [0.1, 0.15) is 32.3 Å². The summed E-state index contributed by atoms with van der Waals surface area (Å²) in [5, 5.41) is 11.6. The van der Waals surface area contributed by atoms with Crippen LogP contribution in [0.15, 0.2) is 18.2 Å². The zero-order valence-electron chi connectivity index (χ0n) is 11.1. The Kier molecular flexibility index (Phi) is 5.80. The van der Waals surface area contributed by atoms with Gasteiger partial charge in [-0.1, -0.05) is 19.9 Å². The zero-order valence-corrected chi connectivity index (χ0v) is 11.1. The van der Waals surface area contributed by atoms with Crippen molar-refractivity contribution in [2.45, 2.75) is 32.7 Å². The zero-order chi connectivity index (χ0) is 14.3. The van der Waals surface area contributed by atoms with Crippen LogP contribution in [0.2, 0.25) is 0 Å². The van der Waals surface area contributed by atoms with Gasteiger partial charge in [0, 0.05) is 6.04 Å². The largest absolute Gasteiger partial charge is 0.482 e. The number of halogens is 1. The molecule has 5 heteroatoms. The SMILES string of the molecule is CCC(CC)NC(=O)COc1cccc(F)c1C#N. The number of nitrogens with one attached hydrogen (secondary N) is 1. The lowest BCUT2D eigenvalue weighted by Crippen LogP contribution is -2.37. The summed E-state index contributed by atoms with van der Waals surface area (Å²) in [6, 6.07) is 5.90. The summed E-state index contributed by atoms with van der Waals surface area (Å²) >= 11 is 0. The van der Waals surface area contributed by atoms with Gasteiger partial charge in [-0.25, -0.2) is 4.39 Å². The third kappa shape index (κ3) is 4.25. The summed E-state index contributed by atoms with van der Waals surface area (Å²) in [6.07, 6.45) is 1.68. The molecule has 0 aliphatic heterocycles. The molecule has 0 aliphatic carbocycles. The normalized spacial score (nSPS) is 10.1. The van der Waals surface area contributed by atoms with Crippen molar-refractivity contribution in [2.75, 3.05) is 6.61 Å². The molecule has 1 rings (SSSR count). The van der Waals surface area contributed by atoms with E-state index in [1.807, 2.05) is 13.8 Å². The lowest BCUT2D eigenvalue weighted by Gasteiger charge is -2.15. The highest BCUT2D eigenvalue weighted by atomic mass is 19.1. The third-order valence-electron chi connectivity index (χ3n) is 2.80. The number of nitrogens with zero attached hydrogens (tertiary/aromatic N) is 1. The van der Waals surface area contributed by atoms with Gasteiger partial charge < -0.3 is 10.1 Å². The molecule has 0 saturated heterocycles. The second-order valence-electron chi connectivity index (χ2n) is 4.09. The second-order valence-corrected chi connectivity index (χ2v) is 4.09. The van der Waals surface area contributed by atoms with Crippen molar-refractivity contribution in [1.29, 1.82) is 5.26 Å². The number of carbonyl (C=O) groups excluding carboxylic acids is 1. The molecule has 0 unspecified atom stereocenters. The van der Waals surface area contributed by atoms with Crippen LogP contribution >= 0.6 is 0 Å². The molecule has 1 aromatic rings. The van der Waals surface area contributed by atoms with Crippen molar-refractivity contribution in [3.05, 3.63) is 29.6 Å². The summed E-state index contributed by atoms with van der Waals surface area (Å²) in [4.78, 5) is 11.6. The Morgan fingerprint density at radius 3 is 2.74 bits per heavy atom. The van der Waals surface area contributed by atoms with Gasteiger partial charge in [-0.2, -0.15) is 5.26 Å². The Balaban J connectivity index is 2.60. The Morgan fingerprint density at radius 1 is 1.47 bits per heavy atom. The van der Waals surface area contributed by atoms with Crippen LogP contribution in [0, 0.1) is 17.1 Å². The van der Waals surface area contributed by atoms with Crippen LogP contribution in [0.5, 0.6) is 5.75 Å². The maximum Gasteiger partial charge on any atom is 0.258 e. The minimum atomic E-state index is -0.652. The highest BCUT2D eigenvalue weighted by molar-refractivity contribution is 5.77. The fourth-order valence-electron chi connectivity index (χ4n) is 1.64. The van der Waals surface area contributed by atoms with Gasteiger partial charge in [-0.15, -0.1) is 0 Å². The quantitative estimate of drug-likeness (QED) is 0.858. The van der Waals surface area contributed by atoms with Crippen molar-refractivity contribution in [2.24, 2.45) is 0 Å². The molecule has 0 bridgehead atoms. The fraction of sp³-hybridized carbons (Fsp3) is 0.429. The van der Waals surface area contributed by atoms with Crippen LogP contribution < -0.4 is 10.1 Å². The van der Waals surface area contributed by atoms with E-state index < -0.39 is 5.82 Å². The molecule has 0 saturated carbocycles. The average Bonchev–Trinajstić information content (AvgIpc) is 2.42. The molecule has 4 nitrogen and oxygen atoms in total. The van der Waals surface area contributed by atoms with Crippen molar-refractivity contribution >= 4 is 5.91 Å². The van der Waals surface area contributed by atoms with E-state index in [-0.39, 0.29) is 29.9 Å². The average molecular weight is 264 g/mol. The summed E-state index contributed by atoms with van der Waals surface area (Å²) < 4.78 is 18.5. The first-order valence-corrected chi connectivity index (χ1v) is 6.23. The highest BCUT2D eigenvalue weighted by Crippen LogP contribution is 2.20. The Morgan fingerprint density at radius 2 is 2.16 bits per heavy atom. The standard InChI is InChI=1S/C14H17FN2O2/c1-3-10(4-2)17-14(18)9-19-13-7-5-6-12(15)11(13)8-16/h5-7,10H,3-4,9H2,1-2H3,(H,17,18). The number of hydrogen-bond acceptors (Lipinski definition) is 3. The number of amides is 1. The maximum atomic E-state index is 13.3. The summed E-state index contributed by atoms with van der Waals surface area (Å²) in [6.45, 7) is 3.74. The third-order valence-corrected chi connectivity index (χ3v) is 2.80. The van der Waals surface area contributed by atoms with Gasteiger partial charge in [0.25, 0.3) is 5.91 Å². The topological polar surface area (TPSA) is 62.1 Å². The van der Waals surface area contributed by atoms with E-state index in [2.05, 4.69) is 5.32 Å². The second kappa shape index (κ2) is 7.37. The molecule has 0 aromatic heterocycles. The van der Waals surface area contributed by atoms with Crippen LogP contribution in [-0.2, 0) is 4.79 Å². The van der Waals surface area contributed by atoms with Crippen molar-refractivity contribution in [3.8, 4) is 11.8 Å². The molecule has 0 fully saturated rings. The Bertz CT molecular complexity index is 479. The molecule has 1 aromatic carbocycles. The Labute approximate surface area is 112 Å². The molecule has 0 atom stereocenters. The summed E-state index contributed by atoms with van der Waals surface area (Å²) in [7, 11) is 0. The fourth-order valence-corrected chi connectivity index (χ4v) is 1.64. The van der Waals surface area contributed by atoms with E-state index in [1.165, 1.54) is 18.2 Å². The first kappa shape index (κ1) is 15.0. The lowest BCUT2D eigenvalue weighted by molar-refractivity contribution is -0.123. The van der Waals surface area contributed by atoms with E-state index in [0.29, 0.717) is 0 Å². The molecule has 0 aliphatic rings. The number of hydrogen-bond donors (Lipinski definition) is 1. The molecule has 102 valence electrons. The van der Waals surface area contributed by atoms with Gasteiger partial charge in [0.15, 0.2) is 6.61 Å². The van der Waals surface area contributed by atoms with Crippen molar-refractivity contribution < 1.29 is 13.9 Å². The molecule has 0 spiro atoms. The van der Waals surface area contributed by atoms with Gasteiger partial charge in [-0.05, 0) is 25.0 Å². The van der Waals surface area contributed by atoms with E-state index >= 15 is 0 Å². The molecular weight excluding hydrogens is 247 g/mol.